The maximum atomic E-state index is 4.52. The first kappa shape index (κ1) is 17.1. The first-order valence-electron chi connectivity index (χ1n) is 10.5. The van der Waals surface area contributed by atoms with Crippen molar-refractivity contribution in [1.82, 2.24) is 20.0 Å². The lowest BCUT2D eigenvalue weighted by Gasteiger charge is -2.37. The summed E-state index contributed by atoms with van der Waals surface area (Å²) in [5, 5.41) is 9.03. The number of aromatic nitrogens is 2. The molecule has 4 heterocycles. The summed E-state index contributed by atoms with van der Waals surface area (Å²) < 4.78 is 0. The molecule has 0 N–H and O–H groups in total. The summed E-state index contributed by atoms with van der Waals surface area (Å²) in [6, 6.07) is 13.8. The second-order valence-electron chi connectivity index (χ2n) is 8.22. The molecule has 142 valence electrons. The van der Waals surface area contributed by atoms with E-state index in [1.54, 1.807) is 0 Å². The van der Waals surface area contributed by atoms with Gasteiger partial charge in [-0.25, -0.2) is 0 Å². The molecular formula is C22H29N5. The van der Waals surface area contributed by atoms with E-state index in [2.05, 4.69) is 61.3 Å². The van der Waals surface area contributed by atoms with Gasteiger partial charge in [-0.15, -0.1) is 0 Å². The van der Waals surface area contributed by atoms with Crippen LogP contribution in [-0.4, -0.2) is 65.3 Å². The highest BCUT2D eigenvalue weighted by molar-refractivity contribution is 5.63. The molecule has 5 rings (SSSR count). The van der Waals surface area contributed by atoms with E-state index >= 15 is 0 Å². The maximum absolute atomic E-state index is 4.52. The molecule has 2 aromatic rings. The zero-order valence-corrected chi connectivity index (χ0v) is 16.1. The molecule has 5 heteroatoms. The van der Waals surface area contributed by atoms with Crippen LogP contribution in [0.15, 0.2) is 36.4 Å². The Labute approximate surface area is 162 Å². The molecule has 1 aromatic heterocycles. The molecule has 1 atom stereocenters. The largest absolute Gasteiger partial charge is 0.372 e. The molecule has 27 heavy (non-hydrogen) atoms. The summed E-state index contributed by atoms with van der Waals surface area (Å²) in [6.45, 7) is 8.12. The molecule has 0 saturated carbocycles. The van der Waals surface area contributed by atoms with E-state index < -0.39 is 0 Å². The summed E-state index contributed by atoms with van der Waals surface area (Å²) in [5.74, 6) is 0. The monoisotopic (exact) mass is 363 g/mol. The SMILES string of the molecule is c1cc(N2CCCC2)ccc1-c1ccc(CN2CCN3CCC[C@H]3C2)nn1. The number of hydrogen-bond donors (Lipinski definition) is 0. The minimum atomic E-state index is 0.764. The van der Waals surface area contributed by atoms with E-state index in [-0.39, 0.29) is 0 Å². The van der Waals surface area contributed by atoms with Crippen LogP contribution in [0.1, 0.15) is 31.4 Å². The van der Waals surface area contributed by atoms with Gasteiger partial charge < -0.3 is 4.90 Å². The average molecular weight is 364 g/mol. The van der Waals surface area contributed by atoms with Crippen LogP contribution in [0.25, 0.3) is 11.3 Å². The maximum Gasteiger partial charge on any atom is 0.0929 e. The third-order valence-corrected chi connectivity index (χ3v) is 6.41. The van der Waals surface area contributed by atoms with Gasteiger partial charge in [0.25, 0.3) is 0 Å². The first-order valence-corrected chi connectivity index (χ1v) is 10.5. The summed E-state index contributed by atoms with van der Waals surface area (Å²) in [4.78, 5) is 7.65. The quantitative estimate of drug-likeness (QED) is 0.834. The van der Waals surface area contributed by atoms with Crippen LogP contribution in [0.3, 0.4) is 0 Å². The Morgan fingerprint density at radius 2 is 1.67 bits per heavy atom. The van der Waals surface area contributed by atoms with E-state index in [1.165, 1.54) is 64.1 Å². The van der Waals surface area contributed by atoms with Crippen molar-refractivity contribution in [2.45, 2.75) is 38.3 Å². The molecule has 3 fully saturated rings. The Kier molecular flexibility index (Phi) is 4.80. The molecule has 3 saturated heterocycles. The van der Waals surface area contributed by atoms with Gasteiger partial charge in [0, 0.05) is 56.6 Å². The molecular weight excluding hydrogens is 334 g/mol. The summed E-state index contributed by atoms with van der Waals surface area (Å²) in [5.41, 5.74) is 4.52. The fraction of sp³-hybridized carbons (Fsp3) is 0.545. The van der Waals surface area contributed by atoms with Gasteiger partial charge in [-0.3, -0.25) is 9.80 Å². The topological polar surface area (TPSA) is 35.5 Å². The van der Waals surface area contributed by atoms with Crippen molar-refractivity contribution in [1.29, 1.82) is 0 Å². The van der Waals surface area contributed by atoms with Crippen LogP contribution in [0.5, 0.6) is 0 Å². The van der Waals surface area contributed by atoms with Gasteiger partial charge >= 0.3 is 0 Å². The number of rotatable bonds is 4. The van der Waals surface area contributed by atoms with Gasteiger partial charge in [-0.1, -0.05) is 12.1 Å². The van der Waals surface area contributed by atoms with E-state index in [9.17, 15) is 0 Å². The van der Waals surface area contributed by atoms with Gasteiger partial charge in [0.15, 0.2) is 0 Å². The van der Waals surface area contributed by atoms with Gasteiger partial charge in [-0.05, 0) is 56.5 Å². The molecule has 0 radical (unpaired) electrons. The van der Waals surface area contributed by atoms with Crippen molar-refractivity contribution in [3.8, 4) is 11.3 Å². The molecule has 0 amide bonds. The fourth-order valence-corrected chi connectivity index (χ4v) is 4.84. The Balaban J connectivity index is 1.22. The number of hydrogen-bond acceptors (Lipinski definition) is 5. The third kappa shape index (κ3) is 3.71. The molecule has 3 aliphatic heterocycles. The van der Waals surface area contributed by atoms with Crippen LogP contribution in [0.4, 0.5) is 5.69 Å². The summed E-state index contributed by atoms with van der Waals surface area (Å²) in [7, 11) is 0. The van der Waals surface area contributed by atoms with Crippen LogP contribution in [0, 0.1) is 0 Å². The predicted octanol–water partition coefficient (Wildman–Crippen LogP) is 3.02. The molecule has 5 nitrogen and oxygen atoms in total. The molecule has 0 spiro atoms. The molecule has 0 bridgehead atoms. The highest BCUT2D eigenvalue weighted by Gasteiger charge is 2.30. The highest BCUT2D eigenvalue weighted by Crippen LogP contribution is 2.25. The Morgan fingerprint density at radius 3 is 2.44 bits per heavy atom. The smallest absolute Gasteiger partial charge is 0.0929 e. The Bertz CT molecular complexity index is 751. The van der Waals surface area contributed by atoms with Crippen molar-refractivity contribution in [3.05, 3.63) is 42.1 Å². The summed E-state index contributed by atoms with van der Waals surface area (Å²) in [6.07, 6.45) is 5.34. The predicted molar refractivity (Wildman–Crippen MR) is 109 cm³/mol. The second kappa shape index (κ2) is 7.56. The van der Waals surface area contributed by atoms with E-state index in [0.29, 0.717) is 0 Å². The van der Waals surface area contributed by atoms with E-state index in [4.69, 9.17) is 0 Å². The lowest BCUT2D eigenvalue weighted by Crippen LogP contribution is -2.49. The van der Waals surface area contributed by atoms with Crippen molar-refractivity contribution >= 4 is 5.69 Å². The number of benzene rings is 1. The van der Waals surface area contributed by atoms with Gasteiger partial charge in [-0.2, -0.15) is 10.2 Å². The van der Waals surface area contributed by atoms with E-state index in [0.717, 1.165) is 36.1 Å². The molecule has 0 aliphatic carbocycles. The second-order valence-corrected chi connectivity index (χ2v) is 8.22. The lowest BCUT2D eigenvalue weighted by molar-refractivity contribution is 0.0982. The van der Waals surface area contributed by atoms with Crippen LogP contribution in [0.2, 0.25) is 0 Å². The van der Waals surface area contributed by atoms with Gasteiger partial charge in [0.2, 0.25) is 0 Å². The van der Waals surface area contributed by atoms with Crippen LogP contribution < -0.4 is 4.90 Å². The van der Waals surface area contributed by atoms with Crippen LogP contribution in [-0.2, 0) is 6.54 Å². The molecule has 0 unspecified atom stereocenters. The van der Waals surface area contributed by atoms with Crippen molar-refractivity contribution in [2.75, 3.05) is 44.2 Å². The third-order valence-electron chi connectivity index (χ3n) is 6.41. The normalized spacial score (nSPS) is 23.7. The minimum Gasteiger partial charge on any atom is -0.372 e. The average Bonchev–Trinajstić information content (AvgIpc) is 3.40. The fourth-order valence-electron chi connectivity index (χ4n) is 4.84. The first-order chi connectivity index (χ1) is 13.3. The lowest BCUT2D eigenvalue weighted by atomic mass is 10.1. The van der Waals surface area contributed by atoms with E-state index in [1.807, 2.05) is 0 Å². The summed E-state index contributed by atoms with van der Waals surface area (Å²) >= 11 is 0. The Hall–Kier alpha value is -1.98. The van der Waals surface area contributed by atoms with Crippen LogP contribution >= 0.6 is 0 Å². The minimum absolute atomic E-state index is 0.764. The molecule has 1 aromatic carbocycles. The van der Waals surface area contributed by atoms with Gasteiger partial charge in [0.05, 0.1) is 11.4 Å². The van der Waals surface area contributed by atoms with Crippen molar-refractivity contribution < 1.29 is 0 Å². The Morgan fingerprint density at radius 1 is 0.815 bits per heavy atom. The van der Waals surface area contributed by atoms with Crippen molar-refractivity contribution in [2.24, 2.45) is 0 Å². The van der Waals surface area contributed by atoms with Gasteiger partial charge in [0.1, 0.15) is 0 Å². The van der Waals surface area contributed by atoms with Crippen molar-refractivity contribution in [3.63, 3.8) is 0 Å². The highest BCUT2D eigenvalue weighted by atomic mass is 15.3. The number of piperazine rings is 1. The standard InChI is InChI=1S/C22H29N5/c1-2-12-26(11-1)20-8-5-18(6-9-20)22-10-7-19(23-24-22)16-25-14-15-27-13-3-4-21(27)17-25/h5-10,21H,1-4,11-17H2/t21-/m0/s1. The number of nitrogens with zero attached hydrogens (tertiary/aromatic N) is 5. The zero-order valence-electron chi connectivity index (χ0n) is 16.1. The number of fused-ring (bicyclic) bond motifs is 1. The number of anilines is 1. The zero-order chi connectivity index (χ0) is 18.1. The molecule has 3 aliphatic rings.